The highest BCUT2D eigenvalue weighted by Crippen LogP contribution is 2.34. The zero-order chi connectivity index (χ0) is 20.9. The van der Waals surface area contributed by atoms with Crippen molar-refractivity contribution in [2.24, 2.45) is 0 Å². The van der Waals surface area contributed by atoms with Crippen LogP contribution in [0.15, 0.2) is 11.6 Å². The molecule has 2 aromatic heterocycles. The summed E-state index contributed by atoms with van der Waals surface area (Å²) < 4.78 is 1.96. The third-order valence-electron chi connectivity index (χ3n) is 5.10. The third kappa shape index (κ3) is 2.75. The summed E-state index contributed by atoms with van der Waals surface area (Å²) in [5.74, 6) is -1.25. The van der Waals surface area contributed by atoms with Crippen molar-refractivity contribution in [3.05, 3.63) is 44.6 Å². The summed E-state index contributed by atoms with van der Waals surface area (Å²) >= 11 is 1.53. The number of hydrogen-bond acceptors (Lipinski definition) is 5. The lowest BCUT2D eigenvalue weighted by molar-refractivity contribution is -0.134. The van der Waals surface area contributed by atoms with Crippen molar-refractivity contribution < 1.29 is 14.4 Å². The van der Waals surface area contributed by atoms with Gasteiger partial charge in [0.1, 0.15) is 16.6 Å². The first-order valence-corrected chi connectivity index (χ1v) is 9.43. The third-order valence-corrected chi connectivity index (χ3v) is 6.29. The zero-order valence-corrected chi connectivity index (χ0v) is 17.4. The fraction of sp³-hybridized carbons (Fsp3) is 0.300. The molecule has 0 unspecified atom stereocenters. The Morgan fingerprint density at radius 2 is 1.61 bits per heavy atom. The number of nitrogens with zero attached hydrogens (tertiary/aromatic N) is 4. The second kappa shape index (κ2) is 6.77. The number of rotatable bonds is 2. The topological polar surface area (TPSA) is 86.4 Å². The van der Waals surface area contributed by atoms with E-state index in [-0.39, 0.29) is 5.57 Å². The molecule has 0 N–H and O–H groups in total. The number of aromatic nitrogens is 1. The van der Waals surface area contributed by atoms with Gasteiger partial charge in [-0.3, -0.25) is 19.4 Å². The van der Waals surface area contributed by atoms with Crippen molar-refractivity contribution in [1.29, 1.82) is 5.26 Å². The highest BCUT2D eigenvalue weighted by Gasteiger charge is 2.38. The zero-order valence-electron chi connectivity index (χ0n) is 16.6. The highest BCUT2D eigenvalue weighted by molar-refractivity contribution is 7.14. The Morgan fingerprint density at radius 1 is 1.04 bits per heavy atom. The predicted octanol–water partition coefficient (Wildman–Crippen LogP) is 3.08. The predicted molar refractivity (Wildman–Crippen MR) is 106 cm³/mol. The number of thiophene rings is 1. The maximum Gasteiger partial charge on any atom is 0.333 e. The minimum Gasteiger partial charge on any atom is -0.308 e. The van der Waals surface area contributed by atoms with Gasteiger partial charge in [0.15, 0.2) is 0 Å². The Bertz CT molecular complexity index is 1090. The molecule has 1 aliphatic rings. The number of likely N-dealkylation sites (N-methyl/N-ethyl adjacent to an activating group) is 2. The van der Waals surface area contributed by atoms with Crippen LogP contribution in [0.3, 0.4) is 0 Å². The van der Waals surface area contributed by atoms with E-state index >= 15 is 0 Å². The maximum atomic E-state index is 12.5. The summed E-state index contributed by atoms with van der Waals surface area (Å²) in [5, 5.41) is 10.4. The molecule has 1 aliphatic heterocycles. The Kier molecular flexibility index (Phi) is 4.73. The number of imide groups is 2. The average molecular weight is 396 g/mol. The number of hydrogen-bond donors (Lipinski definition) is 0. The van der Waals surface area contributed by atoms with Crippen LogP contribution in [0.25, 0.3) is 11.1 Å². The van der Waals surface area contributed by atoms with Gasteiger partial charge in [0.25, 0.3) is 11.8 Å². The molecule has 0 spiro atoms. The SMILES string of the molecule is Cc1sc(-n2c(C)cc(C=C3C(=O)N(C)C(=O)N(C)C3=O)c2C)c(C#N)c1C. The minimum absolute atomic E-state index is 0.0658. The van der Waals surface area contributed by atoms with Crippen molar-refractivity contribution >= 4 is 35.3 Å². The molecular weight excluding hydrogens is 376 g/mol. The van der Waals surface area contributed by atoms with Crippen LogP contribution >= 0.6 is 11.3 Å². The van der Waals surface area contributed by atoms with Crippen molar-refractivity contribution in [1.82, 2.24) is 14.4 Å². The summed E-state index contributed by atoms with van der Waals surface area (Å²) in [6, 6.07) is 3.49. The van der Waals surface area contributed by atoms with E-state index in [4.69, 9.17) is 0 Å². The number of carbonyl (C=O) groups excluding carboxylic acids is 3. The Morgan fingerprint density at radius 3 is 2.14 bits per heavy atom. The molecule has 3 rings (SSSR count). The quantitative estimate of drug-likeness (QED) is 0.577. The van der Waals surface area contributed by atoms with E-state index in [9.17, 15) is 19.6 Å². The van der Waals surface area contributed by atoms with Gasteiger partial charge < -0.3 is 4.57 Å². The minimum atomic E-state index is -0.652. The van der Waals surface area contributed by atoms with E-state index in [1.54, 1.807) is 0 Å². The van der Waals surface area contributed by atoms with E-state index in [2.05, 4.69) is 6.07 Å². The first kappa shape index (κ1) is 19.6. The Hall–Kier alpha value is -3.18. The van der Waals surface area contributed by atoms with Gasteiger partial charge in [-0.25, -0.2) is 4.79 Å². The number of aryl methyl sites for hydroxylation is 2. The van der Waals surface area contributed by atoms with Crippen LogP contribution in [0, 0.1) is 39.0 Å². The summed E-state index contributed by atoms with van der Waals surface area (Å²) in [7, 11) is 2.70. The van der Waals surface area contributed by atoms with Crippen LogP contribution in [-0.2, 0) is 9.59 Å². The van der Waals surface area contributed by atoms with Gasteiger partial charge in [0, 0.05) is 30.4 Å². The molecule has 4 amide bonds. The van der Waals surface area contributed by atoms with Crippen LogP contribution < -0.4 is 0 Å². The fourth-order valence-corrected chi connectivity index (χ4v) is 4.49. The summed E-state index contributed by atoms with van der Waals surface area (Å²) in [6.45, 7) is 7.69. The number of amides is 4. The summed E-state index contributed by atoms with van der Waals surface area (Å²) in [4.78, 5) is 39.7. The second-order valence-corrected chi connectivity index (χ2v) is 8.01. The molecule has 0 radical (unpaired) electrons. The fourth-order valence-electron chi connectivity index (χ4n) is 3.27. The smallest absolute Gasteiger partial charge is 0.308 e. The molecule has 0 aliphatic carbocycles. The molecule has 0 atom stereocenters. The monoisotopic (exact) mass is 396 g/mol. The van der Waals surface area contributed by atoms with E-state index in [1.165, 1.54) is 31.5 Å². The standard InChI is InChI=1S/C20H20N4O3S/c1-10-7-14(8-15-17(25)22(5)20(27)23(6)18(15)26)12(3)24(10)19-16(9-21)11(2)13(4)28-19/h7-8H,1-6H3. The number of nitriles is 1. The van der Waals surface area contributed by atoms with Crippen molar-refractivity contribution in [3.8, 4) is 11.1 Å². The molecule has 8 heteroatoms. The van der Waals surface area contributed by atoms with Crippen LogP contribution in [0.5, 0.6) is 0 Å². The maximum absolute atomic E-state index is 12.5. The van der Waals surface area contributed by atoms with Gasteiger partial charge in [0.2, 0.25) is 0 Å². The largest absolute Gasteiger partial charge is 0.333 e. The van der Waals surface area contributed by atoms with E-state index in [1.807, 2.05) is 38.3 Å². The van der Waals surface area contributed by atoms with Gasteiger partial charge in [-0.2, -0.15) is 5.26 Å². The molecule has 144 valence electrons. The Balaban J connectivity index is 2.16. The molecule has 7 nitrogen and oxygen atoms in total. The van der Waals surface area contributed by atoms with Crippen LogP contribution in [-0.4, -0.2) is 46.3 Å². The van der Waals surface area contributed by atoms with Gasteiger partial charge >= 0.3 is 6.03 Å². The molecule has 0 aromatic carbocycles. The first-order chi connectivity index (χ1) is 13.1. The summed E-state index contributed by atoms with van der Waals surface area (Å²) in [5.41, 5.74) is 3.90. The van der Waals surface area contributed by atoms with Gasteiger partial charge in [-0.05, 0) is 51.0 Å². The molecular formula is C20H20N4O3S. The second-order valence-electron chi connectivity index (χ2n) is 6.81. The molecule has 1 fully saturated rings. The van der Waals surface area contributed by atoms with Crippen LogP contribution in [0.4, 0.5) is 4.79 Å². The molecule has 1 saturated heterocycles. The van der Waals surface area contributed by atoms with E-state index in [0.717, 1.165) is 36.6 Å². The highest BCUT2D eigenvalue weighted by atomic mass is 32.1. The van der Waals surface area contributed by atoms with Crippen LogP contribution in [0.2, 0.25) is 0 Å². The van der Waals surface area contributed by atoms with Crippen molar-refractivity contribution in [2.75, 3.05) is 14.1 Å². The molecule has 3 heterocycles. The molecule has 2 aromatic rings. The van der Waals surface area contributed by atoms with Gasteiger partial charge in [-0.15, -0.1) is 11.3 Å². The van der Waals surface area contributed by atoms with Gasteiger partial charge in [-0.1, -0.05) is 0 Å². The van der Waals surface area contributed by atoms with Crippen molar-refractivity contribution in [2.45, 2.75) is 27.7 Å². The number of urea groups is 1. The lowest BCUT2D eigenvalue weighted by Gasteiger charge is -2.28. The van der Waals surface area contributed by atoms with E-state index < -0.39 is 17.8 Å². The molecule has 0 saturated carbocycles. The van der Waals surface area contributed by atoms with Gasteiger partial charge in [0.05, 0.1) is 5.56 Å². The summed E-state index contributed by atoms with van der Waals surface area (Å²) in [6.07, 6.45) is 1.52. The lowest BCUT2D eigenvalue weighted by atomic mass is 10.1. The number of barbiturate groups is 1. The normalized spacial score (nSPS) is 14.8. The first-order valence-electron chi connectivity index (χ1n) is 8.61. The molecule has 28 heavy (non-hydrogen) atoms. The average Bonchev–Trinajstić information content (AvgIpc) is 3.10. The lowest BCUT2D eigenvalue weighted by Crippen LogP contribution is -2.52. The van der Waals surface area contributed by atoms with E-state index in [0.29, 0.717) is 11.1 Å². The number of carbonyl (C=O) groups is 3. The van der Waals surface area contributed by atoms with Crippen molar-refractivity contribution in [3.63, 3.8) is 0 Å². The molecule has 0 bridgehead atoms. The van der Waals surface area contributed by atoms with Crippen LogP contribution in [0.1, 0.15) is 33.0 Å². The Labute approximate surface area is 167 Å².